The van der Waals surface area contributed by atoms with Gasteiger partial charge in [-0.2, -0.15) is 0 Å². The maximum absolute atomic E-state index is 13.8. The number of nitrogens with one attached hydrogen (secondary N) is 1. The number of cyclic esters (lactones) is 1. The summed E-state index contributed by atoms with van der Waals surface area (Å²) in [6.45, 7) is 1.47. The highest BCUT2D eigenvalue weighted by Crippen LogP contribution is 2.30. The number of amides is 1. The summed E-state index contributed by atoms with van der Waals surface area (Å²) in [6.07, 6.45) is 1.95. The van der Waals surface area contributed by atoms with Crippen LogP contribution in [0.3, 0.4) is 0 Å². The molecule has 9 heteroatoms. The number of hydrogen-bond donors (Lipinski definition) is 3. The number of carbonyl (C=O) groups is 2. The molecule has 4 N–H and O–H groups in total. The van der Waals surface area contributed by atoms with Gasteiger partial charge in [0, 0.05) is 0 Å². The van der Waals surface area contributed by atoms with E-state index in [1.165, 1.54) is 25.3 Å². The van der Waals surface area contributed by atoms with Crippen molar-refractivity contribution >= 4 is 22.9 Å². The zero-order valence-electron chi connectivity index (χ0n) is 18.8. The van der Waals surface area contributed by atoms with E-state index in [0.717, 1.165) is 0 Å². The smallest absolute Gasteiger partial charge is 0.309 e. The van der Waals surface area contributed by atoms with Gasteiger partial charge in [0.1, 0.15) is 23.3 Å². The molecule has 0 spiro atoms. The monoisotopic (exact) mass is 466 g/mol. The Labute approximate surface area is 196 Å². The molecule has 3 aromatic rings. The zero-order chi connectivity index (χ0) is 24.3. The Morgan fingerprint density at radius 1 is 1.29 bits per heavy atom. The van der Waals surface area contributed by atoms with E-state index in [-0.39, 0.29) is 18.5 Å². The summed E-state index contributed by atoms with van der Waals surface area (Å²) >= 11 is 0. The number of esters is 1. The number of rotatable bonds is 8. The van der Waals surface area contributed by atoms with Crippen LogP contribution in [-0.2, 0) is 16.0 Å². The molecule has 178 valence electrons. The summed E-state index contributed by atoms with van der Waals surface area (Å²) in [4.78, 5) is 34.2. The number of hydrogen-bond acceptors (Lipinski definition) is 7. The number of nitrogens with two attached hydrogens (primary N) is 1. The van der Waals surface area contributed by atoms with Gasteiger partial charge in [0.2, 0.25) is 0 Å². The number of para-hydroxylation sites is 2. The van der Waals surface area contributed by atoms with Crippen LogP contribution in [0.2, 0.25) is 0 Å². The van der Waals surface area contributed by atoms with Crippen LogP contribution in [0.5, 0.6) is 0 Å². The van der Waals surface area contributed by atoms with Crippen LogP contribution in [0.25, 0.3) is 11.0 Å². The molecule has 1 aliphatic rings. The summed E-state index contributed by atoms with van der Waals surface area (Å²) in [6, 6.07) is 12.6. The van der Waals surface area contributed by atoms with E-state index in [1.807, 2.05) is 12.1 Å². The molecule has 2 heterocycles. The lowest BCUT2D eigenvalue weighted by atomic mass is 9.92. The molecular formula is C25H27FN4O4. The van der Waals surface area contributed by atoms with E-state index in [9.17, 15) is 19.1 Å². The van der Waals surface area contributed by atoms with Crippen LogP contribution in [0.4, 0.5) is 4.39 Å². The largest absolute Gasteiger partial charge is 0.460 e. The summed E-state index contributed by atoms with van der Waals surface area (Å²) in [7, 11) is 0. The van der Waals surface area contributed by atoms with Crippen molar-refractivity contribution in [3.8, 4) is 0 Å². The quantitative estimate of drug-likeness (QED) is 0.344. The lowest BCUT2D eigenvalue weighted by Crippen LogP contribution is -2.45. The van der Waals surface area contributed by atoms with Gasteiger partial charge in [-0.3, -0.25) is 14.6 Å². The Balaban J connectivity index is 1.54. The molecule has 4 atom stereocenters. The van der Waals surface area contributed by atoms with E-state index in [4.69, 9.17) is 10.5 Å². The average Bonchev–Trinajstić information content (AvgIpc) is 3.17. The lowest BCUT2D eigenvalue weighted by Gasteiger charge is -2.24. The third kappa shape index (κ3) is 5.92. The summed E-state index contributed by atoms with van der Waals surface area (Å²) in [5.41, 5.74) is 6.28. The third-order valence-electron chi connectivity index (χ3n) is 5.91. The number of aromatic nitrogens is 2. The van der Waals surface area contributed by atoms with Crippen molar-refractivity contribution in [2.24, 2.45) is 11.7 Å². The minimum absolute atomic E-state index is 0.128. The van der Waals surface area contributed by atoms with Crippen molar-refractivity contribution in [1.82, 2.24) is 15.3 Å². The molecule has 2 aromatic carbocycles. The zero-order valence-corrected chi connectivity index (χ0v) is 18.8. The predicted octanol–water partition coefficient (Wildman–Crippen LogP) is 2.49. The van der Waals surface area contributed by atoms with E-state index < -0.39 is 41.5 Å². The second-order valence-corrected chi connectivity index (χ2v) is 8.96. The SMILES string of the molecule is CC(N)(O)CC[C@@H]1C[C@@H]([C@H](Cc2cccc(F)c2)NC(=O)c2cnc3ccccc3n2)OC1=O. The first-order valence-corrected chi connectivity index (χ1v) is 11.2. The highest BCUT2D eigenvalue weighted by Gasteiger charge is 2.40. The number of halogens is 1. The van der Waals surface area contributed by atoms with E-state index >= 15 is 0 Å². The van der Waals surface area contributed by atoms with E-state index in [0.29, 0.717) is 29.4 Å². The highest BCUT2D eigenvalue weighted by molar-refractivity contribution is 5.94. The van der Waals surface area contributed by atoms with Gasteiger partial charge in [0.25, 0.3) is 5.91 Å². The lowest BCUT2D eigenvalue weighted by molar-refractivity contribution is -0.145. The molecule has 1 fully saturated rings. The molecule has 1 aliphatic heterocycles. The van der Waals surface area contributed by atoms with Crippen LogP contribution in [0, 0.1) is 11.7 Å². The molecule has 0 bridgehead atoms. The Hall–Kier alpha value is -3.43. The van der Waals surface area contributed by atoms with Crippen LogP contribution < -0.4 is 11.1 Å². The van der Waals surface area contributed by atoms with Crippen molar-refractivity contribution in [2.75, 3.05) is 0 Å². The van der Waals surface area contributed by atoms with Crippen molar-refractivity contribution in [2.45, 2.75) is 50.5 Å². The molecule has 8 nitrogen and oxygen atoms in total. The van der Waals surface area contributed by atoms with Gasteiger partial charge < -0.3 is 20.9 Å². The first-order valence-electron chi connectivity index (χ1n) is 11.2. The molecule has 1 unspecified atom stereocenters. The molecule has 1 aromatic heterocycles. The van der Waals surface area contributed by atoms with Crippen LogP contribution in [-0.4, -0.2) is 44.8 Å². The molecule has 0 aliphatic carbocycles. The maximum atomic E-state index is 13.8. The first kappa shape index (κ1) is 23.7. The third-order valence-corrected chi connectivity index (χ3v) is 5.91. The van der Waals surface area contributed by atoms with Gasteiger partial charge in [0.15, 0.2) is 0 Å². The second kappa shape index (κ2) is 9.82. The van der Waals surface area contributed by atoms with Crippen molar-refractivity contribution in [3.63, 3.8) is 0 Å². The maximum Gasteiger partial charge on any atom is 0.309 e. The van der Waals surface area contributed by atoms with E-state index in [2.05, 4.69) is 15.3 Å². The Bertz CT molecular complexity index is 1200. The Morgan fingerprint density at radius 2 is 2.06 bits per heavy atom. The van der Waals surface area contributed by atoms with E-state index in [1.54, 1.807) is 24.3 Å². The molecule has 1 saturated heterocycles. The average molecular weight is 467 g/mol. The normalized spacial score (nSPS) is 20.5. The van der Waals surface area contributed by atoms with Gasteiger partial charge in [-0.1, -0.05) is 24.3 Å². The Kier molecular flexibility index (Phi) is 6.85. The van der Waals surface area contributed by atoms with Crippen LogP contribution >= 0.6 is 0 Å². The summed E-state index contributed by atoms with van der Waals surface area (Å²) in [5.74, 6) is -1.72. The number of carbonyl (C=O) groups excluding carboxylic acids is 2. The van der Waals surface area contributed by atoms with Crippen molar-refractivity contribution in [1.29, 1.82) is 0 Å². The first-order chi connectivity index (χ1) is 16.2. The predicted molar refractivity (Wildman–Crippen MR) is 123 cm³/mol. The number of ether oxygens (including phenoxy) is 1. The van der Waals surface area contributed by atoms with Crippen LogP contribution in [0.15, 0.2) is 54.7 Å². The molecule has 4 rings (SSSR count). The molecule has 0 saturated carbocycles. The van der Waals surface area contributed by atoms with Gasteiger partial charge in [-0.15, -0.1) is 0 Å². The van der Waals surface area contributed by atoms with Crippen LogP contribution in [0.1, 0.15) is 42.2 Å². The van der Waals surface area contributed by atoms with Gasteiger partial charge in [-0.25, -0.2) is 9.37 Å². The van der Waals surface area contributed by atoms with Gasteiger partial charge >= 0.3 is 5.97 Å². The number of nitrogens with zero attached hydrogens (tertiary/aromatic N) is 2. The number of benzene rings is 2. The number of aliphatic hydroxyl groups is 1. The second-order valence-electron chi connectivity index (χ2n) is 8.96. The topological polar surface area (TPSA) is 127 Å². The van der Waals surface area contributed by atoms with Crippen molar-refractivity contribution < 1.29 is 23.8 Å². The molecule has 1 amide bonds. The van der Waals surface area contributed by atoms with Gasteiger partial charge in [0.05, 0.1) is 29.2 Å². The summed E-state index contributed by atoms with van der Waals surface area (Å²) in [5, 5.41) is 12.7. The molecule has 0 radical (unpaired) electrons. The molecular weight excluding hydrogens is 439 g/mol. The number of fused-ring (bicyclic) bond motifs is 1. The standard InChI is InChI=1S/C25H27FN4O4/c1-25(27,33)10-9-16-13-22(34-24(16)32)20(12-15-5-4-6-17(26)11-15)30-23(31)21-14-28-18-7-2-3-8-19(18)29-21/h2-8,11,14,16,20,22,33H,9-10,12-13,27H2,1H3,(H,30,31)/t16-,20+,22+,25?/m1/s1. The molecule has 34 heavy (non-hydrogen) atoms. The fraction of sp³-hybridized carbons (Fsp3) is 0.360. The van der Waals surface area contributed by atoms with Crippen molar-refractivity contribution in [3.05, 3.63) is 71.8 Å². The fourth-order valence-corrected chi connectivity index (χ4v) is 4.12. The fourth-order valence-electron chi connectivity index (χ4n) is 4.12. The highest BCUT2D eigenvalue weighted by atomic mass is 19.1. The minimum atomic E-state index is -1.39. The van der Waals surface area contributed by atoms with Gasteiger partial charge in [-0.05, 0) is 62.4 Å². The summed E-state index contributed by atoms with van der Waals surface area (Å²) < 4.78 is 19.4. The minimum Gasteiger partial charge on any atom is -0.460 e. The Morgan fingerprint density at radius 3 is 2.79 bits per heavy atom.